The molecule has 2 aromatic carbocycles. The van der Waals surface area contributed by atoms with Crippen LogP contribution < -0.4 is 4.74 Å². The van der Waals surface area contributed by atoms with Crippen LogP contribution in [0.5, 0.6) is 5.75 Å². The highest BCUT2D eigenvalue weighted by atomic mass is 35.5. The van der Waals surface area contributed by atoms with Crippen LogP contribution in [-0.2, 0) is 0 Å². The van der Waals surface area contributed by atoms with Gasteiger partial charge < -0.3 is 14.3 Å². The molecule has 0 aliphatic rings. The Morgan fingerprint density at radius 1 is 1.04 bits per heavy atom. The second-order valence-corrected chi connectivity index (χ2v) is 6.35. The van der Waals surface area contributed by atoms with Crippen LogP contribution in [0.3, 0.4) is 0 Å². The van der Waals surface area contributed by atoms with Gasteiger partial charge in [-0.3, -0.25) is 0 Å². The van der Waals surface area contributed by atoms with Crippen LogP contribution in [0.2, 0.25) is 5.02 Å². The number of hydrogen-bond donors (Lipinski definition) is 1. The number of benzene rings is 2. The van der Waals surface area contributed by atoms with E-state index in [1.165, 1.54) is 6.07 Å². The molecule has 0 unspecified atom stereocenters. The summed E-state index contributed by atoms with van der Waals surface area (Å²) in [6, 6.07) is 17.5. The molecule has 0 spiro atoms. The van der Waals surface area contributed by atoms with Crippen molar-refractivity contribution in [2.75, 3.05) is 7.11 Å². The topological polar surface area (TPSA) is 72.6 Å². The van der Waals surface area contributed by atoms with Gasteiger partial charge in [0.05, 0.1) is 18.2 Å². The summed E-state index contributed by atoms with van der Waals surface area (Å²) in [4.78, 5) is 16.2. The van der Waals surface area contributed by atoms with Crippen LogP contribution >= 0.6 is 11.6 Å². The SMILES string of the molecule is COc1ccc(-c2ccc(-c3cc(C(=O)O)c4cc(Cl)ccc4n3)o2)cc1. The zero-order valence-corrected chi connectivity index (χ0v) is 15.0. The number of fused-ring (bicyclic) bond motifs is 1. The number of aromatic carboxylic acids is 1. The molecule has 27 heavy (non-hydrogen) atoms. The second kappa shape index (κ2) is 6.78. The van der Waals surface area contributed by atoms with Crippen molar-refractivity contribution in [1.82, 2.24) is 4.98 Å². The van der Waals surface area contributed by atoms with E-state index in [9.17, 15) is 9.90 Å². The number of halogens is 1. The molecule has 2 heterocycles. The van der Waals surface area contributed by atoms with Crippen LogP contribution in [-0.4, -0.2) is 23.2 Å². The maximum Gasteiger partial charge on any atom is 0.336 e. The summed E-state index contributed by atoms with van der Waals surface area (Å²) >= 11 is 6.00. The average molecular weight is 380 g/mol. The van der Waals surface area contributed by atoms with Crippen LogP contribution in [0, 0.1) is 0 Å². The Bertz CT molecular complexity index is 1150. The van der Waals surface area contributed by atoms with Crippen molar-refractivity contribution < 1.29 is 19.1 Å². The molecule has 4 rings (SSSR count). The third kappa shape index (κ3) is 3.25. The minimum atomic E-state index is -1.05. The van der Waals surface area contributed by atoms with Crippen LogP contribution in [0.4, 0.5) is 0 Å². The number of ether oxygens (including phenoxy) is 1. The van der Waals surface area contributed by atoms with Gasteiger partial charge in [-0.05, 0) is 60.7 Å². The van der Waals surface area contributed by atoms with Gasteiger partial charge >= 0.3 is 5.97 Å². The molecule has 0 aliphatic carbocycles. The Balaban J connectivity index is 1.79. The zero-order valence-electron chi connectivity index (χ0n) is 14.3. The summed E-state index contributed by atoms with van der Waals surface area (Å²) in [7, 11) is 1.61. The number of carboxylic acid groups (broad SMARTS) is 1. The Labute approximate surface area is 159 Å². The number of carboxylic acids is 1. The predicted molar refractivity (Wildman–Crippen MR) is 103 cm³/mol. The predicted octanol–water partition coefficient (Wildman–Crippen LogP) is 5.52. The zero-order chi connectivity index (χ0) is 19.0. The number of carbonyl (C=O) groups is 1. The lowest BCUT2D eigenvalue weighted by molar-refractivity contribution is 0.0699. The third-order valence-corrected chi connectivity index (χ3v) is 4.47. The van der Waals surface area contributed by atoms with Gasteiger partial charge in [-0.2, -0.15) is 0 Å². The van der Waals surface area contributed by atoms with Crippen LogP contribution in [0.1, 0.15) is 10.4 Å². The molecule has 0 radical (unpaired) electrons. The molecule has 0 saturated heterocycles. The van der Waals surface area contributed by atoms with E-state index >= 15 is 0 Å². The summed E-state index contributed by atoms with van der Waals surface area (Å²) in [6.07, 6.45) is 0. The quantitative estimate of drug-likeness (QED) is 0.505. The molecule has 4 aromatic rings. The first-order chi connectivity index (χ1) is 13.0. The van der Waals surface area contributed by atoms with Crippen molar-refractivity contribution in [2.45, 2.75) is 0 Å². The number of nitrogens with zero attached hydrogens (tertiary/aromatic N) is 1. The number of aromatic nitrogens is 1. The Morgan fingerprint density at radius 2 is 1.78 bits per heavy atom. The van der Waals surface area contributed by atoms with Gasteiger partial charge in [0.1, 0.15) is 17.2 Å². The molecular weight excluding hydrogens is 366 g/mol. The van der Waals surface area contributed by atoms with E-state index in [0.29, 0.717) is 33.1 Å². The van der Waals surface area contributed by atoms with Crippen molar-refractivity contribution in [1.29, 1.82) is 0 Å². The normalized spacial score (nSPS) is 10.9. The molecule has 5 nitrogen and oxygen atoms in total. The fourth-order valence-corrected chi connectivity index (χ4v) is 3.06. The number of rotatable bonds is 4. The van der Waals surface area contributed by atoms with E-state index < -0.39 is 5.97 Å². The Morgan fingerprint density at radius 3 is 2.48 bits per heavy atom. The third-order valence-electron chi connectivity index (χ3n) is 4.23. The molecule has 2 aromatic heterocycles. The maximum atomic E-state index is 11.7. The first-order valence-corrected chi connectivity index (χ1v) is 8.51. The van der Waals surface area contributed by atoms with Crippen LogP contribution in [0.25, 0.3) is 33.7 Å². The monoisotopic (exact) mass is 379 g/mol. The number of pyridine rings is 1. The van der Waals surface area contributed by atoms with Gasteiger partial charge in [0.2, 0.25) is 0 Å². The molecule has 0 aliphatic heterocycles. The number of methoxy groups -OCH3 is 1. The standard InChI is InChI=1S/C21H14ClNO4/c1-26-14-5-2-12(3-6-14)19-8-9-20(27-19)18-11-16(21(24)25)15-10-13(22)4-7-17(15)23-18/h2-11H,1H3,(H,24,25). The van der Waals surface area contributed by atoms with E-state index in [1.807, 2.05) is 30.3 Å². The van der Waals surface area contributed by atoms with Gasteiger partial charge in [-0.25, -0.2) is 9.78 Å². The molecule has 0 atom stereocenters. The Hall–Kier alpha value is -3.31. The second-order valence-electron chi connectivity index (χ2n) is 5.91. The lowest BCUT2D eigenvalue weighted by Gasteiger charge is -2.06. The van der Waals surface area contributed by atoms with Gasteiger partial charge in [0, 0.05) is 16.0 Å². The maximum absolute atomic E-state index is 11.7. The summed E-state index contributed by atoms with van der Waals surface area (Å²) in [6.45, 7) is 0. The smallest absolute Gasteiger partial charge is 0.336 e. The van der Waals surface area contributed by atoms with Crippen molar-refractivity contribution >= 4 is 28.5 Å². The molecule has 1 N–H and O–H groups in total. The minimum absolute atomic E-state index is 0.125. The number of hydrogen-bond acceptors (Lipinski definition) is 4. The van der Waals surface area contributed by atoms with E-state index in [2.05, 4.69) is 4.98 Å². The average Bonchev–Trinajstić information content (AvgIpc) is 3.17. The van der Waals surface area contributed by atoms with Crippen molar-refractivity contribution in [3.63, 3.8) is 0 Å². The molecule has 6 heteroatoms. The van der Waals surface area contributed by atoms with Gasteiger partial charge in [-0.15, -0.1) is 0 Å². The van der Waals surface area contributed by atoms with Crippen molar-refractivity contribution in [3.05, 3.63) is 71.2 Å². The Kier molecular flexibility index (Phi) is 4.30. The fourth-order valence-electron chi connectivity index (χ4n) is 2.89. The largest absolute Gasteiger partial charge is 0.497 e. The van der Waals surface area contributed by atoms with Gasteiger partial charge in [-0.1, -0.05) is 11.6 Å². The van der Waals surface area contributed by atoms with E-state index in [1.54, 1.807) is 31.4 Å². The minimum Gasteiger partial charge on any atom is -0.497 e. The summed E-state index contributed by atoms with van der Waals surface area (Å²) in [5, 5.41) is 10.5. The van der Waals surface area contributed by atoms with Crippen molar-refractivity contribution in [3.8, 4) is 28.5 Å². The molecular formula is C21H14ClNO4. The van der Waals surface area contributed by atoms with E-state index in [-0.39, 0.29) is 5.56 Å². The van der Waals surface area contributed by atoms with E-state index in [0.717, 1.165) is 11.3 Å². The fraction of sp³-hybridized carbons (Fsp3) is 0.0476. The number of furan rings is 1. The van der Waals surface area contributed by atoms with Crippen molar-refractivity contribution in [2.24, 2.45) is 0 Å². The molecule has 0 fully saturated rings. The lowest BCUT2D eigenvalue weighted by Crippen LogP contribution is -2.00. The highest BCUT2D eigenvalue weighted by Crippen LogP contribution is 2.31. The molecule has 134 valence electrons. The first-order valence-electron chi connectivity index (χ1n) is 8.13. The summed E-state index contributed by atoms with van der Waals surface area (Å²) < 4.78 is 11.1. The van der Waals surface area contributed by atoms with E-state index in [4.69, 9.17) is 20.8 Å². The van der Waals surface area contributed by atoms with Gasteiger partial charge in [0.25, 0.3) is 0 Å². The highest BCUT2D eigenvalue weighted by Gasteiger charge is 2.16. The van der Waals surface area contributed by atoms with Crippen LogP contribution in [0.15, 0.2) is 65.1 Å². The summed E-state index contributed by atoms with van der Waals surface area (Å²) in [5.74, 6) is 0.849. The molecule has 0 saturated carbocycles. The summed E-state index contributed by atoms with van der Waals surface area (Å²) in [5.41, 5.74) is 1.99. The van der Waals surface area contributed by atoms with Gasteiger partial charge in [0.15, 0.2) is 5.76 Å². The first kappa shape index (κ1) is 17.1. The lowest BCUT2D eigenvalue weighted by atomic mass is 10.1. The highest BCUT2D eigenvalue weighted by molar-refractivity contribution is 6.31. The molecule has 0 bridgehead atoms. The molecule has 0 amide bonds.